The second-order valence-electron chi connectivity index (χ2n) is 8.16. The molecule has 0 fully saturated rings. The fraction of sp³-hybridized carbons (Fsp3) is 0.462. The maximum Gasteiger partial charge on any atom is 0.328 e. The first-order chi connectivity index (χ1) is 17.2. The summed E-state index contributed by atoms with van der Waals surface area (Å²) >= 11 is 0. The van der Waals surface area contributed by atoms with E-state index in [9.17, 15) is 19.2 Å². The Morgan fingerprint density at radius 1 is 0.944 bits per heavy atom. The van der Waals surface area contributed by atoms with Crippen molar-refractivity contribution in [3.05, 3.63) is 55.1 Å². The molecule has 0 saturated carbocycles. The Morgan fingerprint density at radius 2 is 1.58 bits per heavy atom. The van der Waals surface area contributed by atoms with E-state index in [0.29, 0.717) is 38.2 Å². The van der Waals surface area contributed by atoms with Gasteiger partial charge in [0.15, 0.2) is 0 Å². The summed E-state index contributed by atoms with van der Waals surface area (Å²) < 4.78 is 10.2. The van der Waals surface area contributed by atoms with Gasteiger partial charge in [-0.3, -0.25) is 14.4 Å². The summed E-state index contributed by atoms with van der Waals surface area (Å²) in [5, 5.41) is 7.98. The summed E-state index contributed by atoms with van der Waals surface area (Å²) in [7, 11) is 1.22. The Bertz CT molecular complexity index is 887. The Kier molecular flexibility index (Phi) is 14.2. The summed E-state index contributed by atoms with van der Waals surface area (Å²) in [6, 6.07) is 4.32. The van der Waals surface area contributed by atoms with Crippen molar-refractivity contribution < 1.29 is 28.7 Å². The molecule has 1 rings (SSSR count). The molecule has 3 atom stereocenters. The van der Waals surface area contributed by atoms with Gasteiger partial charge >= 0.3 is 5.97 Å². The molecule has 5 N–H and O–H groups in total. The van der Waals surface area contributed by atoms with Gasteiger partial charge in [-0.05, 0) is 49.9 Å². The van der Waals surface area contributed by atoms with Gasteiger partial charge < -0.3 is 31.2 Å². The molecular weight excluding hydrogens is 464 g/mol. The number of methoxy groups -OCH3 is 1. The van der Waals surface area contributed by atoms with E-state index in [1.165, 1.54) is 20.1 Å². The molecule has 0 aromatic heterocycles. The number of nitrogens with one attached hydrogen (secondary N) is 3. The van der Waals surface area contributed by atoms with Crippen LogP contribution in [-0.2, 0) is 30.3 Å². The summed E-state index contributed by atoms with van der Waals surface area (Å²) in [6.07, 6.45) is 5.03. The minimum atomic E-state index is -0.938. The summed E-state index contributed by atoms with van der Waals surface area (Å²) in [5.74, 6) is -1.42. The molecule has 1 aromatic carbocycles. The third kappa shape index (κ3) is 11.2. The Balaban J connectivity index is 3.01. The largest absolute Gasteiger partial charge is 0.490 e. The van der Waals surface area contributed by atoms with Crippen LogP contribution in [0.2, 0.25) is 0 Å². The molecular formula is C26H38N4O6. The van der Waals surface area contributed by atoms with E-state index in [0.717, 1.165) is 5.56 Å². The van der Waals surface area contributed by atoms with Gasteiger partial charge in [-0.15, -0.1) is 6.58 Å². The van der Waals surface area contributed by atoms with Crippen LogP contribution in [0.3, 0.4) is 0 Å². The van der Waals surface area contributed by atoms with E-state index in [2.05, 4.69) is 29.1 Å². The van der Waals surface area contributed by atoms with E-state index in [1.54, 1.807) is 30.3 Å². The number of benzene rings is 1. The highest BCUT2D eigenvalue weighted by Gasteiger charge is 2.29. The highest BCUT2D eigenvalue weighted by Crippen LogP contribution is 2.14. The molecule has 0 radical (unpaired) electrons. The van der Waals surface area contributed by atoms with E-state index in [1.807, 2.05) is 0 Å². The van der Waals surface area contributed by atoms with Crippen molar-refractivity contribution in [1.29, 1.82) is 0 Å². The number of unbranched alkanes of at least 4 members (excludes halogenated alkanes) is 1. The number of hydrogen-bond acceptors (Lipinski definition) is 7. The molecule has 0 aliphatic rings. The van der Waals surface area contributed by atoms with Crippen molar-refractivity contribution in [3.63, 3.8) is 0 Å². The smallest absolute Gasteiger partial charge is 0.328 e. The van der Waals surface area contributed by atoms with Crippen molar-refractivity contribution in [3.8, 4) is 5.75 Å². The van der Waals surface area contributed by atoms with E-state index in [4.69, 9.17) is 15.2 Å². The van der Waals surface area contributed by atoms with Gasteiger partial charge in [0.1, 0.15) is 30.5 Å². The van der Waals surface area contributed by atoms with Gasteiger partial charge in [-0.25, -0.2) is 4.79 Å². The monoisotopic (exact) mass is 502 g/mol. The number of esters is 1. The molecule has 0 aliphatic heterocycles. The molecule has 36 heavy (non-hydrogen) atoms. The van der Waals surface area contributed by atoms with Crippen molar-refractivity contribution in [2.75, 3.05) is 20.3 Å². The van der Waals surface area contributed by atoms with E-state index >= 15 is 0 Å². The molecule has 0 saturated heterocycles. The van der Waals surface area contributed by atoms with Gasteiger partial charge in [0.2, 0.25) is 17.7 Å². The first-order valence-electron chi connectivity index (χ1n) is 11.8. The number of carbonyl (C=O) groups is 4. The zero-order valence-electron chi connectivity index (χ0n) is 21.1. The number of carbonyl (C=O) groups excluding carboxylic acids is 4. The minimum absolute atomic E-state index is 0.170. The molecule has 0 bridgehead atoms. The lowest BCUT2D eigenvalue weighted by molar-refractivity contribution is -0.145. The second kappa shape index (κ2) is 16.9. The highest BCUT2D eigenvalue weighted by atomic mass is 16.5. The highest BCUT2D eigenvalue weighted by molar-refractivity contribution is 5.93. The predicted molar refractivity (Wildman–Crippen MR) is 137 cm³/mol. The predicted octanol–water partition coefficient (Wildman–Crippen LogP) is 1.15. The number of amides is 3. The average Bonchev–Trinajstić information content (AvgIpc) is 2.86. The average molecular weight is 503 g/mol. The zero-order chi connectivity index (χ0) is 26.9. The minimum Gasteiger partial charge on any atom is -0.490 e. The van der Waals surface area contributed by atoms with Crippen LogP contribution in [0.4, 0.5) is 0 Å². The topological polar surface area (TPSA) is 149 Å². The number of ether oxygens (including phenoxy) is 2. The fourth-order valence-corrected chi connectivity index (χ4v) is 3.40. The van der Waals surface area contributed by atoms with Crippen LogP contribution in [0.5, 0.6) is 5.75 Å². The number of rotatable bonds is 17. The van der Waals surface area contributed by atoms with Gasteiger partial charge in [0.25, 0.3) is 0 Å². The van der Waals surface area contributed by atoms with Crippen LogP contribution in [0.25, 0.3) is 0 Å². The number of nitrogens with two attached hydrogens (primary N) is 1. The molecule has 0 aliphatic carbocycles. The van der Waals surface area contributed by atoms with Crippen LogP contribution in [0.1, 0.15) is 38.2 Å². The van der Waals surface area contributed by atoms with Gasteiger partial charge in [0.05, 0.1) is 7.11 Å². The maximum absolute atomic E-state index is 13.2. The molecule has 10 nitrogen and oxygen atoms in total. The fourth-order valence-electron chi connectivity index (χ4n) is 3.40. The summed E-state index contributed by atoms with van der Waals surface area (Å²) in [4.78, 5) is 50.0. The van der Waals surface area contributed by atoms with Crippen LogP contribution < -0.4 is 26.4 Å². The lowest BCUT2D eigenvalue weighted by Gasteiger charge is -2.24. The van der Waals surface area contributed by atoms with Crippen LogP contribution in [0.15, 0.2) is 49.6 Å². The Hall–Kier alpha value is -3.66. The lowest BCUT2D eigenvalue weighted by atomic mass is 10.0. The summed E-state index contributed by atoms with van der Waals surface area (Å²) in [5.41, 5.74) is 6.36. The Labute approximate surface area is 212 Å². The van der Waals surface area contributed by atoms with Gasteiger partial charge in [-0.1, -0.05) is 30.9 Å². The number of hydrogen-bond donors (Lipinski definition) is 4. The molecule has 10 heteroatoms. The third-order valence-corrected chi connectivity index (χ3v) is 5.21. The first-order valence-corrected chi connectivity index (χ1v) is 11.8. The van der Waals surface area contributed by atoms with Crippen molar-refractivity contribution in [2.45, 2.75) is 57.2 Å². The summed E-state index contributed by atoms with van der Waals surface area (Å²) in [6.45, 7) is 9.32. The second-order valence-corrected chi connectivity index (χ2v) is 8.16. The normalized spacial score (nSPS) is 12.9. The Morgan fingerprint density at radius 3 is 2.14 bits per heavy atom. The lowest BCUT2D eigenvalue weighted by Crippen LogP contribution is -2.56. The standard InChI is InChI=1S/C26H38N4O6/c1-5-9-22(26(34)35-4)30-24(32)21(10-7-8-15-27)29-25(33)23(28-18(3)31)17-19-11-13-20(14-12-19)36-16-6-2/h5-6,11-14,21-23H,1-2,7-10,15-17,27H2,3-4H3,(H,28,31)(H,29,33)(H,30,32)/t21-,22-,23-/m0/s1. The zero-order valence-corrected chi connectivity index (χ0v) is 21.1. The molecule has 0 heterocycles. The molecule has 198 valence electrons. The van der Waals surface area contributed by atoms with Crippen LogP contribution >= 0.6 is 0 Å². The third-order valence-electron chi connectivity index (χ3n) is 5.21. The van der Waals surface area contributed by atoms with Crippen molar-refractivity contribution >= 4 is 23.7 Å². The van der Waals surface area contributed by atoms with Gasteiger partial charge in [0, 0.05) is 13.3 Å². The van der Waals surface area contributed by atoms with Crippen LogP contribution in [0, 0.1) is 0 Å². The van der Waals surface area contributed by atoms with Crippen molar-refractivity contribution in [1.82, 2.24) is 16.0 Å². The SMILES string of the molecule is C=CCOc1ccc(C[C@H](NC(C)=O)C(=O)N[C@@H](CCCCN)C(=O)N[C@@H](CC=C)C(=O)OC)cc1. The molecule has 0 spiro atoms. The quantitative estimate of drug-likeness (QED) is 0.142. The molecule has 3 amide bonds. The van der Waals surface area contributed by atoms with E-state index < -0.39 is 35.9 Å². The van der Waals surface area contributed by atoms with E-state index in [-0.39, 0.29) is 18.7 Å². The molecule has 1 aromatic rings. The van der Waals surface area contributed by atoms with Crippen molar-refractivity contribution in [2.24, 2.45) is 5.73 Å². The first kappa shape index (κ1) is 30.4. The van der Waals surface area contributed by atoms with Gasteiger partial charge in [-0.2, -0.15) is 0 Å². The molecule has 0 unspecified atom stereocenters. The van der Waals surface area contributed by atoms with Crippen LogP contribution in [-0.4, -0.2) is 62.1 Å². The maximum atomic E-state index is 13.2.